The van der Waals surface area contributed by atoms with Crippen LogP contribution < -0.4 is 15.8 Å². The maximum Gasteiger partial charge on any atom is 0.270 e. The zero-order chi connectivity index (χ0) is 24.0. The van der Waals surface area contributed by atoms with E-state index in [1.165, 1.54) is 11.3 Å². The van der Waals surface area contributed by atoms with E-state index in [4.69, 9.17) is 0 Å². The van der Waals surface area contributed by atoms with Crippen LogP contribution in [0.2, 0.25) is 0 Å². The number of nitriles is 1. The van der Waals surface area contributed by atoms with Crippen LogP contribution in [0.3, 0.4) is 0 Å². The molecule has 0 spiro atoms. The average molecular weight is 484 g/mol. The van der Waals surface area contributed by atoms with Crippen LogP contribution in [-0.4, -0.2) is 45.4 Å². The van der Waals surface area contributed by atoms with Crippen molar-refractivity contribution >= 4 is 39.8 Å². The van der Waals surface area contributed by atoms with Crippen molar-refractivity contribution in [3.8, 4) is 17.3 Å². The van der Waals surface area contributed by atoms with Crippen molar-refractivity contribution in [2.45, 2.75) is 43.5 Å². The number of aromatic nitrogens is 4. The van der Waals surface area contributed by atoms with E-state index in [0.717, 1.165) is 35.3 Å². The Labute approximate surface area is 200 Å². The van der Waals surface area contributed by atoms with Crippen LogP contribution >= 0.6 is 23.1 Å². The highest BCUT2D eigenvalue weighted by Crippen LogP contribution is 2.28. The van der Waals surface area contributed by atoms with Gasteiger partial charge in [0.1, 0.15) is 16.6 Å². The number of anilines is 2. The molecule has 0 fully saturated rings. The van der Waals surface area contributed by atoms with Gasteiger partial charge in [-0.2, -0.15) is 5.26 Å². The van der Waals surface area contributed by atoms with E-state index < -0.39 is 10.8 Å². The molecular formula is C22H25N7O2S2. The maximum atomic E-state index is 12.8. The molecule has 3 aromatic rings. The van der Waals surface area contributed by atoms with Crippen molar-refractivity contribution in [1.29, 1.82) is 5.26 Å². The number of nitrogens with one attached hydrogen (secondary N) is 2. The number of rotatable bonds is 9. The lowest BCUT2D eigenvalue weighted by molar-refractivity contribution is -0.115. The van der Waals surface area contributed by atoms with Crippen molar-refractivity contribution in [2.24, 2.45) is 0 Å². The summed E-state index contributed by atoms with van der Waals surface area (Å²) in [6.45, 7) is 3.93. The van der Waals surface area contributed by atoms with Gasteiger partial charge < -0.3 is 9.88 Å². The lowest BCUT2D eigenvalue weighted by atomic mass is 10.1. The highest BCUT2D eigenvalue weighted by molar-refractivity contribution is 8.00. The summed E-state index contributed by atoms with van der Waals surface area (Å²) in [6.07, 6.45) is 2.27. The molecule has 0 saturated carbocycles. The normalized spacial score (nSPS) is 11.6. The minimum absolute atomic E-state index is 0.0632. The second-order valence-electron chi connectivity index (χ2n) is 7.40. The quantitative estimate of drug-likeness (QED) is 0.348. The first-order valence-electron chi connectivity index (χ1n) is 10.5. The van der Waals surface area contributed by atoms with E-state index in [1.54, 1.807) is 0 Å². The minimum atomic E-state index is -0.537. The molecule has 1 atom stereocenters. The second-order valence-corrected chi connectivity index (χ2v) is 9.66. The molecule has 0 radical (unpaired) electrons. The van der Waals surface area contributed by atoms with Crippen LogP contribution in [-0.2, 0) is 11.2 Å². The molecule has 0 aliphatic rings. The number of carbonyl (C=O) groups is 1. The Balaban J connectivity index is 1.84. The number of carbonyl (C=O) groups excluding carboxylic acids is 1. The fraction of sp³-hybridized carbons (Fsp3) is 0.364. The zero-order valence-electron chi connectivity index (χ0n) is 18.9. The molecule has 3 rings (SSSR count). The first-order chi connectivity index (χ1) is 15.9. The molecule has 33 heavy (non-hydrogen) atoms. The van der Waals surface area contributed by atoms with E-state index in [-0.39, 0.29) is 22.3 Å². The average Bonchev–Trinajstić information content (AvgIpc) is 3.24. The summed E-state index contributed by atoms with van der Waals surface area (Å²) >= 11 is 2.50. The Morgan fingerprint density at radius 3 is 2.61 bits per heavy atom. The summed E-state index contributed by atoms with van der Waals surface area (Å²) in [4.78, 5) is 34.5. The maximum absolute atomic E-state index is 12.8. The monoisotopic (exact) mass is 483 g/mol. The van der Waals surface area contributed by atoms with Crippen LogP contribution in [0.25, 0.3) is 11.3 Å². The van der Waals surface area contributed by atoms with Crippen LogP contribution in [0.1, 0.15) is 37.3 Å². The van der Waals surface area contributed by atoms with E-state index in [1.807, 2.05) is 56.3 Å². The number of nitrogens with zero attached hydrogens (tertiary/aromatic N) is 5. The van der Waals surface area contributed by atoms with Gasteiger partial charge in [-0.15, -0.1) is 10.2 Å². The fourth-order valence-electron chi connectivity index (χ4n) is 3.00. The first kappa shape index (κ1) is 24.4. The molecule has 0 saturated heterocycles. The summed E-state index contributed by atoms with van der Waals surface area (Å²) < 4.78 is 0. The summed E-state index contributed by atoms with van der Waals surface area (Å²) in [7, 11) is 3.86. The van der Waals surface area contributed by atoms with Crippen LogP contribution in [0.4, 0.5) is 10.8 Å². The van der Waals surface area contributed by atoms with E-state index in [2.05, 4.69) is 32.4 Å². The first-order valence-corrected chi connectivity index (χ1v) is 12.2. The predicted octanol–water partition coefficient (Wildman–Crippen LogP) is 3.69. The number of hydrogen-bond donors (Lipinski definition) is 2. The summed E-state index contributed by atoms with van der Waals surface area (Å²) in [5.41, 5.74) is 1.33. The van der Waals surface area contributed by atoms with Gasteiger partial charge in [0.2, 0.25) is 11.0 Å². The minimum Gasteiger partial charge on any atom is -0.378 e. The molecule has 9 nitrogen and oxygen atoms in total. The largest absolute Gasteiger partial charge is 0.378 e. The molecule has 0 unspecified atom stereocenters. The highest BCUT2D eigenvalue weighted by atomic mass is 32.2. The summed E-state index contributed by atoms with van der Waals surface area (Å²) in [6, 6.07) is 9.37. The number of thioether (sulfide) groups is 1. The Hall–Kier alpha value is -3.23. The van der Waals surface area contributed by atoms with Gasteiger partial charge in [0.05, 0.1) is 10.9 Å². The van der Waals surface area contributed by atoms with E-state index in [9.17, 15) is 14.9 Å². The topological polar surface area (TPSA) is 128 Å². The number of hydrogen-bond acceptors (Lipinski definition) is 9. The van der Waals surface area contributed by atoms with Gasteiger partial charge in [-0.25, -0.2) is 4.98 Å². The summed E-state index contributed by atoms with van der Waals surface area (Å²) in [5, 5.41) is 21.5. The van der Waals surface area contributed by atoms with Crippen LogP contribution in [0.15, 0.2) is 34.2 Å². The third kappa shape index (κ3) is 5.97. The van der Waals surface area contributed by atoms with Crippen LogP contribution in [0, 0.1) is 11.3 Å². The van der Waals surface area contributed by atoms with Crippen molar-refractivity contribution in [3.63, 3.8) is 0 Å². The van der Waals surface area contributed by atoms with Crippen molar-refractivity contribution in [2.75, 3.05) is 24.3 Å². The zero-order valence-corrected chi connectivity index (χ0v) is 20.5. The lowest BCUT2D eigenvalue weighted by Crippen LogP contribution is -2.25. The molecular weight excluding hydrogens is 458 g/mol. The molecule has 0 bridgehead atoms. The lowest BCUT2D eigenvalue weighted by Gasteiger charge is -2.14. The van der Waals surface area contributed by atoms with Gasteiger partial charge in [0, 0.05) is 31.8 Å². The number of benzene rings is 1. The molecule has 1 aromatic carbocycles. The number of H-pyrrole nitrogens is 1. The molecule has 0 aliphatic heterocycles. The third-order valence-corrected chi connectivity index (χ3v) is 6.89. The molecule has 0 aliphatic carbocycles. The van der Waals surface area contributed by atoms with Crippen molar-refractivity contribution < 1.29 is 4.79 Å². The smallest absolute Gasteiger partial charge is 0.270 e. The molecule has 2 N–H and O–H groups in total. The highest BCUT2D eigenvalue weighted by Gasteiger charge is 2.22. The number of amides is 1. The molecule has 11 heteroatoms. The SMILES string of the molecule is CCCc1nnc(NC(=O)[C@H](CC)Sc2nc(-c3ccc(N(C)C)cc3)c(C#N)c(=O)[nH]2)s1. The summed E-state index contributed by atoms with van der Waals surface area (Å²) in [5.74, 6) is -0.245. The second kappa shape index (κ2) is 11.1. The number of aryl methyl sites for hydroxylation is 1. The third-order valence-electron chi connectivity index (χ3n) is 4.74. The van der Waals surface area contributed by atoms with Crippen LogP contribution in [0.5, 0.6) is 0 Å². The van der Waals surface area contributed by atoms with Gasteiger partial charge in [-0.1, -0.05) is 49.1 Å². The van der Waals surface area contributed by atoms with Gasteiger partial charge >= 0.3 is 0 Å². The van der Waals surface area contributed by atoms with E-state index in [0.29, 0.717) is 17.1 Å². The van der Waals surface area contributed by atoms with Gasteiger partial charge in [0.15, 0.2) is 5.16 Å². The Bertz CT molecular complexity index is 1210. The van der Waals surface area contributed by atoms with Crippen molar-refractivity contribution in [3.05, 3.63) is 45.2 Å². The Morgan fingerprint density at radius 2 is 2.00 bits per heavy atom. The van der Waals surface area contributed by atoms with Gasteiger partial charge in [-0.05, 0) is 25.0 Å². The fourth-order valence-corrected chi connectivity index (χ4v) is 4.74. The Morgan fingerprint density at radius 1 is 1.27 bits per heavy atom. The Kier molecular flexibility index (Phi) is 8.19. The standard InChI is InChI=1S/C22H25N7O2S2/c1-5-7-17-27-28-22(33-17)26-20(31)16(6-2)32-21-24-18(15(12-23)19(30)25-21)13-8-10-14(11-9-13)29(3)4/h8-11,16H,5-7H2,1-4H3,(H,24,25,30)(H,26,28,31)/t16-/m0/s1. The molecule has 2 heterocycles. The molecule has 1 amide bonds. The number of aromatic amines is 1. The predicted molar refractivity (Wildman–Crippen MR) is 132 cm³/mol. The molecule has 2 aromatic heterocycles. The van der Waals surface area contributed by atoms with E-state index >= 15 is 0 Å². The molecule has 172 valence electrons. The van der Waals surface area contributed by atoms with Gasteiger partial charge in [-0.3, -0.25) is 14.9 Å². The van der Waals surface area contributed by atoms with Gasteiger partial charge in [0.25, 0.3) is 5.56 Å². The van der Waals surface area contributed by atoms with Crippen molar-refractivity contribution in [1.82, 2.24) is 20.2 Å².